The van der Waals surface area contributed by atoms with E-state index in [4.69, 9.17) is 9.47 Å². The van der Waals surface area contributed by atoms with E-state index in [1.54, 1.807) is 27.7 Å². The lowest BCUT2D eigenvalue weighted by Crippen LogP contribution is -2.46. The first-order valence-electron chi connectivity index (χ1n) is 13.4. The summed E-state index contributed by atoms with van der Waals surface area (Å²) in [5.41, 5.74) is 0.263. The fourth-order valence-electron chi connectivity index (χ4n) is 3.65. The van der Waals surface area contributed by atoms with Crippen LogP contribution in [-0.2, 0) is 30.5 Å². The molecular weight excluding hydrogens is 486 g/mol. The molecule has 3 atom stereocenters. The monoisotopic (exact) mass is 533 g/mol. The Kier molecular flexibility index (Phi) is 13.9. The van der Waals surface area contributed by atoms with Crippen molar-refractivity contribution in [2.45, 2.75) is 98.9 Å². The normalized spacial score (nSPS) is 13.8. The summed E-state index contributed by atoms with van der Waals surface area (Å²) in [4.78, 5) is 49.9. The molecular formula is C29H47N3O6. The quantitative estimate of drug-likeness (QED) is 0.306. The summed E-state index contributed by atoms with van der Waals surface area (Å²) in [6.07, 6.45) is 0.184. The van der Waals surface area contributed by atoms with Gasteiger partial charge in [-0.25, -0.2) is 4.79 Å². The van der Waals surface area contributed by atoms with Gasteiger partial charge in [0.15, 0.2) is 0 Å². The van der Waals surface area contributed by atoms with Gasteiger partial charge < -0.3 is 25.4 Å². The number of amides is 3. The van der Waals surface area contributed by atoms with Crippen LogP contribution in [0.3, 0.4) is 0 Å². The molecule has 1 unspecified atom stereocenters. The van der Waals surface area contributed by atoms with Crippen LogP contribution in [0, 0.1) is 17.8 Å². The molecule has 0 aliphatic carbocycles. The van der Waals surface area contributed by atoms with Crippen molar-refractivity contribution in [1.29, 1.82) is 0 Å². The number of hydrogen-bond donors (Lipinski definition) is 3. The Morgan fingerprint density at radius 1 is 0.895 bits per heavy atom. The SMILES string of the molecule is CC(C)C[C@@H](CC(=O)OCc1ccccc1)NC(=O)[C@@H](C)CNC(=O)CC(NC(=O)OC(C)(C)C)C(C)C. The number of alkyl carbamates (subject to hydrolysis) is 1. The first-order valence-corrected chi connectivity index (χ1v) is 13.4. The molecule has 3 amide bonds. The van der Waals surface area contributed by atoms with E-state index < -0.39 is 23.7 Å². The van der Waals surface area contributed by atoms with Gasteiger partial charge in [0.25, 0.3) is 0 Å². The van der Waals surface area contributed by atoms with Crippen LogP contribution in [0.1, 0.15) is 80.2 Å². The predicted molar refractivity (Wildman–Crippen MR) is 147 cm³/mol. The highest BCUT2D eigenvalue weighted by molar-refractivity contribution is 5.82. The Labute approximate surface area is 227 Å². The Morgan fingerprint density at radius 3 is 2.08 bits per heavy atom. The van der Waals surface area contributed by atoms with E-state index in [9.17, 15) is 19.2 Å². The topological polar surface area (TPSA) is 123 Å². The molecule has 0 aromatic heterocycles. The summed E-state index contributed by atoms with van der Waals surface area (Å²) in [6, 6.07) is 8.64. The van der Waals surface area contributed by atoms with Gasteiger partial charge in [0.05, 0.1) is 12.3 Å². The van der Waals surface area contributed by atoms with Crippen molar-refractivity contribution in [3.63, 3.8) is 0 Å². The third-order valence-electron chi connectivity index (χ3n) is 5.72. The van der Waals surface area contributed by atoms with Gasteiger partial charge >= 0.3 is 12.1 Å². The van der Waals surface area contributed by atoms with Crippen molar-refractivity contribution < 1.29 is 28.7 Å². The van der Waals surface area contributed by atoms with E-state index in [0.717, 1.165) is 5.56 Å². The maximum Gasteiger partial charge on any atom is 0.407 e. The molecule has 0 heterocycles. The maximum absolute atomic E-state index is 12.8. The largest absolute Gasteiger partial charge is 0.461 e. The van der Waals surface area contributed by atoms with E-state index in [1.807, 2.05) is 58.0 Å². The zero-order valence-electron chi connectivity index (χ0n) is 24.3. The number of hydrogen-bond acceptors (Lipinski definition) is 6. The molecule has 0 aliphatic rings. The molecule has 0 radical (unpaired) electrons. The summed E-state index contributed by atoms with van der Waals surface area (Å²) in [7, 11) is 0. The van der Waals surface area contributed by atoms with Gasteiger partial charge in [0, 0.05) is 25.0 Å². The number of rotatable bonds is 14. The standard InChI is InChI=1S/C29H47N3O6/c1-19(2)14-23(15-26(34)37-18-22-12-10-9-11-13-22)31-27(35)21(5)17-30-25(33)16-24(20(3)4)32-28(36)38-29(6,7)8/h9-13,19-21,23-24H,14-18H2,1-8H3,(H,30,33)(H,31,35)(H,32,36)/t21-,23-,24?/m0/s1. The number of benzene rings is 1. The smallest absolute Gasteiger partial charge is 0.407 e. The Bertz CT molecular complexity index is 895. The highest BCUT2D eigenvalue weighted by Gasteiger charge is 2.25. The van der Waals surface area contributed by atoms with Crippen LogP contribution >= 0.6 is 0 Å². The van der Waals surface area contributed by atoms with Crippen LogP contribution in [0.4, 0.5) is 4.79 Å². The zero-order valence-corrected chi connectivity index (χ0v) is 24.3. The average molecular weight is 534 g/mol. The maximum atomic E-state index is 12.8. The van der Waals surface area contributed by atoms with Crippen LogP contribution in [0.2, 0.25) is 0 Å². The van der Waals surface area contributed by atoms with Gasteiger partial charge in [-0.3, -0.25) is 14.4 Å². The molecule has 9 nitrogen and oxygen atoms in total. The lowest BCUT2D eigenvalue weighted by atomic mass is 9.99. The van der Waals surface area contributed by atoms with Gasteiger partial charge in [-0.1, -0.05) is 65.0 Å². The van der Waals surface area contributed by atoms with Crippen LogP contribution in [-0.4, -0.2) is 48.1 Å². The number of carbonyl (C=O) groups excluding carboxylic acids is 4. The number of ether oxygens (including phenoxy) is 2. The molecule has 3 N–H and O–H groups in total. The van der Waals surface area contributed by atoms with Crippen molar-refractivity contribution in [3.8, 4) is 0 Å². The second-order valence-electron chi connectivity index (χ2n) is 11.6. The number of nitrogens with one attached hydrogen (secondary N) is 3. The molecule has 0 saturated heterocycles. The van der Waals surface area contributed by atoms with Gasteiger partial charge in [-0.2, -0.15) is 0 Å². The van der Waals surface area contributed by atoms with Crippen molar-refractivity contribution in [2.75, 3.05) is 6.54 Å². The summed E-state index contributed by atoms with van der Waals surface area (Å²) < 4.78 is 10.7. The average Bonchev–Trinajstić information content (AvgIpc) is 2.79. The minimum atomic E-state index is -0.636. The van der Waals surface area contributed by atoms with E-state index in [-0.39, 0.29) is 61.7 Å². The fourth-order valence-corrected chi connectivity index (χ4v) is 3.65. The van der Waals surface area contributed by atoms with Crippen molar-refractivity contribution in [1.82, 2.24) is 16.0 Å². The van der Waals surface area contributed by atoms with E-state index in [2.05, 4.69) is 16.0 Å². The summed E-state index contributed by atoms with van der Waals surface area (Å²) in [6.45, 7) is 15.2. The van der Waals surface area contributed by atoms with Crippen LogP contribution in [0.25, 0.3) is 0 Å². The summed E-state index contributed by atoms with van der Waals surface area (Å²) in [5.74, 6) is -1.14. The lowest BCUT2D eigenvalue weighted by Gasteiger charge is -2.26. The third kappa shape index (κ3) is 14.6. The number of esters is 1. The van der Waals surface area contributed by atoms with Crippen molar-refractivity contribution in [3.05, 3.63) is 35.9 Å². The van der Waals surface area contributed by atoms with Crippen LogP contribution < -0.4 is 16.0 Å². The molecule has 1 rings (SSSR count). The molecule has 1 aromatic carbocycles. The molecule has 214 valence electrons. The first-order chi connectivity index (χ1) is 17.7. The molecule has 0 aliphatic heterocycles. The minimum Gasteiger partial charge on any atom is -0.461 e. The van der Waals surface area contributed by atoms with Crippen LogP contribution in [0.15, 0.2) is 30.3 Å². The Balaban J connectivity index is 2.56. The molecule has 0 spiro atoms. The van der Waals surface area contributed by atoms with Crippen molar-refractivity contribution in [2.24, 2.45) is 17.8 Å². The second kappa shape index (κ2) is 16.0. The van der Waals surface area contributed by atoms with E-state index in [0.29, 0.717) is 6.42 Å². The Morgan fingerprint density at radius 2 is 1.53 bits per heavy atom. The Hall–Kier alpha value is -3.10. The van der Waals surface area contributed by atoms with Crippen molar-refractivity contribution >= 4 is 23.9 Å². The van der Waals surface area contributed by atoms with Gasteiger partial charge in [0.1, 0.15) is 12.2 Å². The van der Waals surface area contributed by atoms with Gasteiger partial charge in [-0.15, -0.1) is 0 Å². The predicted octanol–water partition coefficient (Wildman–Crippen LogP) is 4.34. The minimum absolute atomic E-state index is 0.00688. The molecule has 9 heteroatoms. The van der Waals surface area contributed by atoms with Crippen LogP contribution in [0.5, 0.6) is 0 Å². The van der Waals surface area contributed by atoms with E-state index >= 15 is 0 Å². The number of carbonyl (C=O) groups is 4. The highest BCUT2D eigenvalue weighted by Crippen LogP contribution is 2.13. The summed E-state index contributed by atoms with van der Waals surface area (Å²) >= 11 is 0. The summed E-state index contributed by atoms with van der Waals surface area (Å²) in [5, 5.41) is 8.48. The molecule has 0 bridgehead atoms. The molecule has 1 aromatic rings. The first kappa shape index (κ1) is 32.9. The zero-order chi connectivity index (χ0) is 28.9. The molecule has 0 fully saturated rings. The molecule has 38 heavy (non-hydrogen) atoms. The van der Waals surface area contributed by atoms with E-state index in [1.165, 1.54) is 0 Å². The highest BCUT2D eigenvalue weighted by atomic mass is 16.6. The third-order valence-corrected chi connectivity index (χ3v) is 5.72. The molecule has 0 saturated carbocycles. The lowest BCUT2D eigenvalue weighted by molar-refractivity contribution is -0.145. The fraction of sp³-hybridized carbons (Fsp3) is 0.655. The van der Waals surface area contributed by atoms with Gasteiger partial charge in [-0.05, 0) is 44.6 Å². The van der Waals surface area contributed by atoms with Gasteiger partial charge in [0.2, 0.25) is 11.8 Å². The second-order valence-corrected chi connectivity index (χ2v) is 11.6.